The summed E-state index contributed by atoms with van der Waals surface area (Å²) in [4.78, 5) is 8.42. The van der Waals surface area contributed by atoms with Crippen molar-refractivity contribution in [2.75, 3.05) is 7.11 Å². The van der Waals surface area contributed by atoms with Crippen LogP contribution in [-0.4, -0.2) is 57.0 Å². The monoisotopic (exact) mass is 298 g/mol. The van der Waals surface area contributed by atoms with Crippen LogP contribution in [0.15, 0.2) is 12.7 Å². The van der Waals surface area contributed by atoms with Gasteiger partial charge in [-0.25, -0.2) is 19.3 Å². The van der Waals surface area contributed by atoms with Crippen LogP contribution in [0.25, 0.3) is 22.7 Å². The predicted molar refractivity (Wildman–Crippen MR) is 72.0 cm³/mol. The molecule has 0 aromatic carbocycles. The van der Waals surface area contributed by atoms with Gasteiger partial charge >= 0.3 is 0 Å². The van der Waals surface area contributed by atoms with Gasteiger partial charge in [0.25, 0.3) is 5.88 Å². The van der Waals surface area contributed by atoms with Crippen molar-refractivity contribution in [1.29, 1.82) is 0 Å². The number of nitrogens with zero attached hydrogens (tertiary/aromatic N) is 10. The molecule has 0 spiro atoms. The molecule has 0 saturated heterocycles. The van der Waals surface area contributed by atoms with Crippen LogP contribution in [0, 0.1) is 6.92 Å². The highest BCUT2D eigenvalue weighted by Crippen LogP contribution is 2.23. The largest absolute Gasteiger partial charge is 0.478 e. The van der Waals surface area contributed by atoms with Crippen LogP contribution in [0.4, 0.5) is 0 Å². The van der Waals surface area contributed by atoms with Crippen LogP contribution in [0.2, 0.25) is 0 Å². The number of methoxy groups -OCH3 is 1. The van der Waals surface area contributed by atoms with Crippen LogP contribution in [0.5, 0.6) is 5.88 Å². The summed E-state index contributed by atoms with van der Waals surface area (Å²) in [6, 6.07) is 0. The van der Waals surface area contributed by atoms with E-state index in [1.165, 1.54) is 13.4 Å². The third kappa shape index (κ3) is 1.82. The van der Waals surface area contributed by atoms with E-state index in [9.17, 15) is 0 Å². The van der Waals surface area contributed by atoms with Crippen molar-refractivity contribution < 1.29 is 4.74 Å². The molecule has 0 saturated carbocycles. The highest BCUT2D eigenvalue weighted by Gasteiger charge is 2.18. The van der Waals surface area contributed by atoms with E-state index in [1.54, 1.807) is 15.7 Å². The molecule has 0 atom stereocenters. The molecule has 11 heteroatoms. The van der Waals surface area contributed by atoms with Crippen molar-refractivity contribution in [2.24, 2.45) is 0 Å². The van der Waals surface area contributed by atoms with Gasteiger partial charge in [-0.2, -0.15) is 5.10 Å². The first kappa shape index (κ1) is 12.5. The third-order valence-corrected chi connectivity index (χ3v) is 3.13. The highest BCUT2D eigenvalue weighted by atomic mass is 16.5. The van der Waals surface area contributed by atoms with Crippen molar-refractivity contribution >= 4 is 11.2 Å². The highest BCUT2D eigenvalue weighted by molar-refractivity contribution is 5.72. The average molecular weight is 298 g/mol. The lowest BCUT2D eigenvalue weighted by Gasteiger charge is -2.06. The number of hydrogen-bond donors (Lipinski definition) is 0. The lowest BCUT2D eigenvalue weighted by Crippen LogP contribution is -2.15. The topological polar surface area (TPSA) is 122 Å². The van der Waals surface area contributed by atoms with E-state index in [0.29, 0.717) is 35.2 Å². The first-order valence-electron chi connectivity index (χ1n) is 6.37. The summed E-state index contributed by atoms with van der Waals surface area (Å²) in [7, 11) is 1.51. The average Bonchev–Trinajstić information content (AvgIpc) is 3.09. The number of fused-ring (bicyclic) bond motifs is 2. The molecule has 0 unspecified atom stereocenters. The van der Waals surface area contributed by atoms with Crippen molar-refractivity contribution in [3.63, 3.8) is 0 Å². The fraction of sp³-hybridized carbons (Fsp3) is 0.273. The Morgan fingerprint density at radius 1 is 1.14 bits per heavy atom. The van der Waals surface area contributed by atoms with Gasteiger partial charge in [0, 0.05) is 0 Å². The van der Waals surface area contributed by atoms with E-state index in [-0.39, 0.29) is 0 Å². The summed E-state index contributed by atoms with van der Waals surface area (Å²) in [5.74, 6) is 0.752. The fourth-order valence-electron chi connectivity index (χ4n) is 2.15. The van der Waals surface area contributed by atoms with Crippen molar-refractivity contribution in [3.05, 3.63) is 18.3 Å². The van der Waals surface area contributed by atoms with E-state index in [1.807, 2.05) is 6.92 Å². The van der Waals surface area contributed by atoms with Gasteiger partial charge in [-0.15, -0.1) is 25.5 Å². The standard InChI is InChI=1S/C11H10N10O/c1-6-7-10(16-14-3-12-7)21(18-6)5-20-4-13-8-9(19-20)15-17-11(8)22-2/h3-4H,5H2,1-2H3. The summed E-state index contributed by atoms with van der Waals surface area (Å²) in [5.41, 5.74) is 2.58. The molecule has 11 nitrogen and oxygen atoms in total. The quantitative estimate of drug-likeness (QED) is 0.493. The van der Waals surface area contributed by atoms with E-state index in [0.717, 1.165) is 5.69 Å². The Balaban J connectivity index is 1.75. The SMILES string of the molecule is COc1nnc2nn(Cn3nc(C)c4ncnnc43)cnc1-2. The zero-order chi connectivity index (χ0) is 15.1. The number of hydrogen-bond acceptors (Lipinski definition) is 9. The third-order valence-electron chi connectivity index (χ3n) is 3.13. The molecule has 0 amide bonds. The second kappa shape index (κ2) is 4.65. The Morgan fingerprint density at radius 2 is 2.05 bits per heavy atom. The zero-order valence-electron chi connectivity index (χ0n) is 11.7. The molecular formula is C11H10N10O. The lowest BCUT2D eigenvalue weighted by molar-refractivity contribution is 0.397. The lowest BCUT2D eigenvalue weighted by atomic mass is 10.4. The second-order valence-electron chi connectivity index (χ2n) is 4.52. The zero-order valence-corrected chi connectivity index (χ0v) is 11.7. The molecule has 110 valence electrons. The maximum atomic E-state index is 5.06. The minimum atomic E-state index is 0.308. The molecule has 2 aromatic heterocycles. The van der Waals surface area contributed by atoms with Gasteiger partial charge < -0.3 is 4.74 Å². The molecule has 0 radical (unpaired) electrons. The van der Waals surface area contributed by atoms with Crippen LogP contribution in [0.3, 0.4) is 0 Å². The van der Waals surface area contributed by atoms with E-state index in [2.05, 4.69) is 40.6 Å². The maximum Gasteiger partial charge on any atom is 0.263 e. The van der Waals surface area contributed by atoms with Crippen LogP contribution < -0.4 is 4.74 Å². The summed E-state index contributed by atoms with van der Waals surface area (Å²) in [5, 5.41) is 24.3. The summed E-state index contributed by atoms with van der Waals surface area (Å²) < 4.78 is 8.29. The Kier molecular flexibility index (Phi) is 2.64. The predicted octanol–water partition coefficient (Wildman–Crippen LogP) is -0.470. The van der Waals surface area contributed by atoms with Crippen LogP contribution >= 0.6 is 0 Å². The minimum absolute atomic E-state index is 0.308. The molecule has 0 bridgehead atoms. The molecule has 0 fully saturated rings. The van der Waals surface area contributed by atoms with Crippen molar-refractivity contribution in [3.8, 4) is 17.4 Å². The normalized spacial score (nSPS) is 11.4. The van der Waals surface area contributed by atoms with E-state index in [4.69, 9.17) is 4.74 Å². The summed E-state index contributed by atoms with van der Waals surface area (Å²) in [6.07, 6.45) is 2.95. The summed E-state index contributed by atoms with van der Waals surface area (Å²) in [6.45, 7) is 2.17. The number of aryl methyl sites for hydroxylation is 1. The fourth-order valence-corrected chi connectivity index (χ4v) is 2.15. The van der Waals surface area contributed by atoms with E-state index >= 15 is 0 Å². The first-order valence-corrected chi connectivity index (χ1v) is 6.37. The molecule has 2 aromatic rings. The molecule has 22 heavy (non-hydrogen) atoms. The van der Waals surface area contributed by atoms with Gasteiger partial charge in [0.05, 0.1) is 12.8 Å². The number of aromatic nitrogens is 10. The van der Waals surface area contributed by atoms with Crippen molar-refractivity contribution in [2.45, 2.75) is 13.6 Å². The number of rotatable bonds is 3. The van der Waals surface area contributed by atoms with Crippen LogP contribution in [-0.2, 0) is 6.67 Å². The Labute approximate surface area is 123 Å². The summed E-state index contributed by atoms with van der Waals surface area (Å²) >= 11 is 0. The van der Waals surface area contributed by atoms with E-state index < -0.39 is 0 Å². The second-order valence-corrected chi connectivity index (χ2v) is 4.52. The van der Waals surface area contributed by atoms with Gasteiger partial charge in [-0.1, -0.05) is 0 Å². The molecule has 0 aliphatic carbocycles. The van der Waals surface area contributed by atoms with Crippen molar-refractivity contribution in [1.82, 2.24) is 49.9 Å². The molecule has 4 heterocycles. The molecule has 2 aliphatic rings. The molecule has 0 N–H and O–H groups in total. The Hall–Kier alpha value is -3.24. The maximum absolute atomic E-state index is 5.06. The van der Waals surface area contributed by atoms with Gasteiger partial charge in [-0.05, 0) is 6.92 Å². The minimum Gasteiger partial charge on any atom is -0.478 e. The first-order chi connectivity index (χ1) is 10.8. The van der Waals surface area contributed by atoms with Gasteiger partial charge in [0.2, 0.25) is 11.5 Å². The molecule has 2 aliphatic heterocycles. The smallest absolute Gasteiger partial charge is 0.263 e. The molecule has 4 rings (SSSR count). The van der Waals surface area contributed by atoms with Gasteiger partial charge in [0.1, 0.15) is 24.8 Å². The van der Waals surface area contributed by atoms with Crippen LogP contribution in [0.1, 0.15) is 5.69 Å². The number of ether oxygens (including phenoxy) is 1. The molecular weight excluding hydrogens is 288 g/mol. The Morgan fingerprint density at radius 3 is 2.91 bits per heavy atom. The Bertz CT molecular complexity index is 928. The van der Waals surface area contributed by atoms with Gasteiger partial charge in [0.15, 0.2) is 5.69 Å². The van der Waals surface area contributed by atoms with Gasteiger partial charge in [-0.3, -0.25) is 0 Å².